The van der Waals surface area contributed by atoms with Crippen molar-refractivity contribution in [2.24, 2.45) is 0 Å². The highest BCUT2D eigenvalue weighted by atomic mass is 16.4. The van der Waals surface area contributed by atoms with E-state index < -0.39 is 17.4 Å². The number of anilines is 4. The average Bonchev–Trinajstić information content (AvgIpc) is 2.97. The third-order valence-electron chi connectivity index (χ3n) is 6.75. The van der Waals surface area contributed by atoms with Crippen LogP contribution >= 0.6 is 0 Å². The number of aromatic carboxylic acids is 2. The van der Waals surface area contributed by atoms with E-state index in [-0.39, 0.29) is 11.1 Å². The van der Waals surface area contributed by atoms with E-state index in [0.29, 0.717) is 0 Å². The Labute approximate surface area is 237 Å². The molecule has 0 spiro atoms. The topological polar surface area (TPSA) is 179 Å². The van der Waals surface area contributed by atoms with Gasteiger partial charge < -0.3 is 33.1 Å². The first-order valence-corrected chi connectivity index (χ1v) is 12.6. The number of hydrogen-bond donors (Lipinski definition) is 6. The maximum absolute atomic E-state index is 10.3. The molecular weight excluding hydrogens is 516 g/mol. The van der Waals surface area contributed by atoms with Crippen molar-refractivity contribution in [3.63, 3.8) is 0 Å². The van der Waals surface area contributed by atoms with E-state index in [1.165, 1.54) is 24.3 Å². The molecule has 0 aromatic heterocycles. The molecule has 8 nitrogen and oxygen atoms in total. The molecule has 0 aliphatic rings. The van der Waals surface area contributed by atoms with Gasteiger partial charge in [-0.1, -0.05) is 48.5 Å². The van der Waals surface area contributed by atoms with Crippen LogP contribution in [-0.4, -0.2) is 22.2 Å². The molecule has 0 unspecified atom stereocenters. The average molecular weight is 547 g/mol. The molecule has 0 saturated carbocycles. The molecule has 0 heterocycles. The fraction of sp³-hybridized carbons (Fsp3) is 0.0303. The van der Waals surface area contributed by atoms with Gasteiger partial charge in [-0.2, -0.15) is 0 Å². The lowest BCUT2D eigenvalue weighted by atomic mass is 9.65. The lowest BCUT2D eigenvalue weighted by molar-refractivity contribution is 0.0681. The molecule has 41 heavy (non-hydrogen) atoms. The Morgan fingerprint density at radius 3 is 0.756 bits per heavy atom. The number of carbonyl (C=O) groups is 2. The smallest absolute Gasteiger partial charge is 0.335 e. The Morgan fingerprint density at radius 2 is 0.585 bits per heavy atom. The number of carboxylic acid groups (broad SMARTS) is 2. The van der Waals surface area contributed by atoms with Crippen LogP contribution in [0.2, 0.25) is 0 Å². The third kappa shape index (κ3) is 6.12. The molecule has 8 heteroatoms. The molecule has 0 aliphatic heterocycles. The molecule has 0 fully saturated rings. The van der Waals surface area contributed by atoms with E-state index >= 15 is 0 Å². The largest absolute Gasteiger partial charge is 0.478 e. The first-order valence-electron chi connectivity index (χ1n) is 12.6. The number of hydrogen-bond acceptors (Lipinski definition) is 6. The highest BCUT2D eigenvalue weighted by molar-refractivity contribution is 5.91. The van der Waals surface area contributed by atoms with Gasteiger partial charge in [0.25, 0.3) is 0 Å². The van der Waals surface area contributed by atoms with E-state index in [9.17, 15) is 9.59 Å². The van der Waals surface area contributed by atoms with Gasteiger partial charge in [0.2, 0.25) is 0 Å². The quantitative estimate of drug-likeness (QED) is 0.120. The van der Waals surface area contributed by atoms with Crippen LogP contribution in [0, 0.1) is 0 Å². The van der Waals surface area contributed by atoms with Crippen molar-refractivity contribution >= 4 is 34.7 Å². The molecule has 0 aliphatic carbocycles. The summed E-state index contributed by atoms with van der Waals surface area (Å²) in [4.78, 5) is 20.7. The first-order chi connectivity index (χ1) is 19.6. The normalized spacial score (nSPS) is 10.7. The van der Waals surface area contributed by atoms with Crippen LogP contribution in [0.5, 0.6) is 0 Å². The van der Waals surface area contributed by atoms with Crippen LogP contribution in [0.25, 0.3) is 0 Å². The van der Waals surface area contributed by atoms with E-state index in [4.69, 9.17) is 33.1 Å². The zero-order valence-corrected chi connectivity index (χ0v) is 22.1. The third-order valence-corrected chi connectivity index (χ3v) is 6.75. The van der Waals surface area contributed by atoms with Crippen LogP contribution in [0.1, 0.15) is 43.0 Å². The van der Waals surface area contributed by atoms with Gasteiger partial charge in [-0.15, -0.1) is 0 Å². The Bertz CT molecular complexity index is 1410. The van der Waals surface area contributed by atoms with Crippen molar-refractivity contribution in [3.05, 3.63) is 155 Å². The van der Waals surface area contributed by atoms with Crippen molar-refractivity contribution in [1.29, 1.82) is 0 Å². The van der Waals surface area contributed by atoms with Gasteiger partial charge in [0.1, 0.15) is 0 Å². The fourth-order valence-corrected chi connectivity index (χ4v) is 4.69. The summed E-state index contributed by atoms with van der Waals surface area (Å²) in [5.41, 5.74) is 30.8. The zero-order chi connectivity index (χ0) is 29.6. The number of rotatable bonds is 6. The van der Waals surface area contributed by atoms with Crippen molar-refractivity contribution in [1.82, 2.24) is 0 Å². The van der Waals surface area contributed by atoms with Crippen LogP contribution in [0.3, 0.4) is 0 Å². The predicted molar refractivity (Wildman–Crippen MR) is 163 cm³/mol. The van der Waals surface area contributed by atoms with Gasteiger partial charge in [0, 0.05) is 22.7 Å². The summed E-state index contributed by atoms with van der Waals surface area (Å²) in [6.45, 7) is 0. The molecule has 0 saturated heterocycles. The number of nitrogen functional groups attached to an aromatic ring is 4. The monoisotopic (exact) mass is 546 g/mol. The van der Waals surface area contributed by atoms with Gasteiger partial charge in [0.15, 0.2) is 0 Å². The Balaban J connectivity index is 0.000000271. The van der Waals surface area contributed by atoms with Gasteiger partial charge in [-0.25, -0.2) is 9.59 Å². The second-order valence-corrected chi connectivity index (χ2v) is 9.43. The number of nitrogens with two attached hydrogens (primary N) is 4. The second-order valence-electron chi connectivity index (χ2n) is 9.43. The standard InChI is InChI=1S/C25H24N4.C8H6O4/c26-21-9-1-17(2-10-21)25(18-3-11-22(27)12-4-18,19-5-13-23(28)14-6-19)20-7-15-24(29)16-8-20;9-7(10)5-1-2-6(4-3-5)8(11)12/h1-16H,26-29H2;1-4H,(H,9,10)(H,11,12). The molecule has 0 bridgehead atoms. The maximum Gasteiger partial charge on any atom is 0.335 e. The molecule has 0 atom stereocenters. The van der Waals surface area contributed by atoms with Crippen LogP contribution in [0.4, 0.5) is 22.7 Å². The van der Waals surface area contributed by atoms with Crippen molar-refractivity contribution in [2.45, 2.75) is 5.41 Å². The minimum Gasteiger partial charge on any atom is -0.478 e. The summed E-state index contributed by atoms with van der Waals surface area (Å²) < 4.78 is 0. The summed E-state index contributed by atoms with van der Waals surface area (Å²) in [6.07, 6.45) is 0. The second kappa shape index (κ2) is 12.0. The molecule has 0 amide bonds. The summed E-state index contributed by atoms with van der Waals surface area (Å²) in [7, 11) is 0. The van der Waals surface area contributed by atoms with Crippen LogP contribution in [-0.2, 0) is 5.41 Å². The Hall–Kier alpha value is -5.76. The SMILES string of the molecule is Nc1ccc(C(c2ccc(N)cc2)(c2ccc(N)cc2)c2ccc(N)cc2)cc1.O=C(O)c1ccc(C(=O)O)cc1. The van der Waals surface area contributed by atoms with Crippen molar-refractivity contribution in [3.8, 4) is 0 Å². The minimum absolute atomic E-state index is 0.0833. The summed E-state index contributed by atoms with van der Waals surface area (Å²) in [5, 5.41) is 16.9. The molecule has 10 N–H and O–H groups in total. The summed E-state index contributed by atoms with van der Waals surface area (Å²) in [5.74, 6) is -2.13. The van der Waals surface area contributed by atoms with Crippen LogP contribution < -0.4 is 22.9 Å². The predicted octanol–water partition coefficient (Wildman–Crippen LogP) is 5.48. The summed E-state index contributed by atoms with van der Waals surface area (Å²) in [6, 6.07) is 37.0. The lowest BCUT2D eigenvalue weighted by Gasteiger charge is -2.37. The van der Waals surface area contributed by atoms with E-state index in [1.807, 2.05) is 48.5 Å². The fourth-order valence-electron chi connectivity index (χ4n) is 4.69. The zero-order valence-electron chi connectivity index (χ0n) is 22.1. The van der Waals surface area contributed by atoms with E-state index in [0.717, 1.165) is 45.0 Å². The van der Waals surface area contributed by atoms with Crippen LogP contribution in [0.15, 0.2) is 121 Å². The van der Waals surface area contributed by atoms with Gasteiger partial charge in [-0.3, -0.25) is 0 Å². The van der Waals surface area contributed by atoms with Gasteiger partial charge in [-0.05, 0) is 95.1 Å². The number of benzene rings is 5. The lowest BCUT2D eigenvalue weighted by Crippen LogP contribution is -2.31. The highest BCUT2D eigenvalue weighted by Crippen LogP contribution is 2.45. The number of carboxylic acids is 2. The Morgan fingerprint density at radius 1 is 0.390 bits per heavy atom. The highest BCUT2D eigenvalue weighted by Gasteiger charge is 2.38. The maximum atomic E-state index is 10.3. The van der Waals surface area contributed by atoms with E-state index in [1.54, 1.807) is 0 Å². The first kappa shape index (κ1) is 28.3. The molecular formula is C33H30N4O4. The Kier molecular flexibility index (Phi) is 8.24. The van der Waals surface area contributed by atoms with Gasteiger partial charge >= 0.3 is 11.9 Å². The molecule has 0 radical (unpaired) electrons. The minimum atomic E-state index is -1.06. The van der Waals surface area contributed by atoms with E-state index in [2.05, 4.69) is 48.5 Å². The van der Waals surface area contributed by atoms with Gasteiger partial charge in [0.05, 0.1) is 16.5 Å². The molecule has 5 aromatic rings. The molecule has 5 aromatic carbocycles. The van der Waals surface area contributed by atoms with Crippen molar-refractivity contribution in [2.75, 3.05) is 22.9 Å². The molecule has 5 rings (SSSR count). The summed E-state index contributed by atoms with van der Waals surface area (Å²) >= 11 is 0. The van der Waals surface area contributed by atoms with Crippen molar-refractivity contribution < 1.29 is 19.8 Å². The molecule has 206 valence electrons.